The summed E-state index contributed by atoms with van der Waals surface area (Å²) in [5.41, 5.74) is 1.27. The molecule has 0 N–H and O–H groups in total. The van der Waals surface area contributed by atoms with Gasteiger partial charge in [0.25, 0.3) is 0 Å². The van der Waals surface area contributed by atoms with Gasteiger partial charge in [-0.05, 0) is 31.2 Å². The highest BCUT2D eigenvalue weighted by molar-refractivity contribution is 5.98. The van der Waals surface area contributed by atoms with E-state index in [9.17, 15) is 14.4 Å². The van der Waals surface area contributed by atoms with E-state index < -0.39 is 23.8 Å². The molecule has 3 saturated heterocycles. The fraction of sp³-hybridized carbons (Fsp3) is 0.550. The van der Waals surface area contributed by atoms with E-state index in [0.29, 0.717) is 12.8 Å². The SMILES string of the molecule is O=C(CCCCc1ccccc1)OC[C@H]1C[C@@H]2O[C@H]1[C@H]1C(=O)OC(=O)[C@H]12. The van der Waals surface area contributed by atoms with Crippen molar-refractivity contribution < 1.29 is 28.6 Å². The molecule has 1 aromatic rings. The highest BCUT2D eigenvalue weighted by Crippen LogP contribution is 2.50. The molecule has 3 aliphatic rings. The Morgan fingerprint density at radius 3 is 2.65 bits per heavy atom. The number of hydrogen-bond acceptors (Lipinski definition) is 6. The van der Waals surface area contributed by atoms with Gasteiger partial charge in [0, 0.05) is 12.3 Å². The Hall–Kier alpha value is -2.21. The lowest BCUT2D eigenvalue weighted by Crippen LogP contribution is -2.37. The summed E-state index contributed by atoms with van der Waals surface area (Å²) in [6.07, 6.45) is 3.05. The molecule has 0 radical (unpaired) electrons. The Labute approximate surface area is 151 Å². The molecule has 0 saturated carbocycles. The number of aryl methyl sites for hydroxylation is 1. The van der Waals surface area contributed by atoms with Gasteiger partial charge in [-0.25, -0.2) is 0 Å². The van der Waals surface area contributed by atoms with Crippen LogP contribution in [0.5, 0.6) is 0 Å². The van der Waals surface area contributed by atoms with Gasteiger partial charge in [0.1, 0.15) is 0 Å². The second-order valence-corrected chi connectivity index (χ2v) is 7.30. The maximum atomic E-state index is 12.0. The standard InChI is InChI=1S/C20H22O6/c21-15(9-5-4-8-12-6-2-1-3-7-12)24-11-13-10-14-16-17(18(13)25-14)20(23)26-19(16)22/h1-3,6-7,13-14,16-18H,4-5,8-11H2/t13-,14+,16+,17+,18-/m1/s1. The van der Waals surface area contributed by atoms with Crippen LogP contribution in [0.4, 0.5) is 0 Å². The molecule has 138 valence electrons. The number of benzene rings is 1. The van der Waals surface area contributed by atoms with Gasteiger partial charge in [0.2, 0.25) is 0 Å². The fourth-order valence-corrected chi connectivity index (χ4v) is 4.34. The first-order valence-electron chi connectivity index (χ1n) is 9.24. The summed E-state index contributed by atoms with van der Waals surface area (Å²) in [7, 11) is 0. The Morgan fingerprint density at radius 2 is 1.85 bits per heavy atom. The summed E-state index contributed by atoms with van der Waals surface area (Å²) in [5, 5.41) is 0. The maximum Gasteiger partial charge on any atom is 0.320 e. The van der Waals surface area contributed by atoms with Gasteiger partial charge >= 0.3 is 17.9 Å². The van der Waals surface area contributed by atoms with Crippen molar-refractivity contribution in [2.24, 2.45) is 17.8 Å². The second kappa shape index (κ2) is 7.19. The molecule has 0 aromatic heterocycles. The minimum atomic E-state index is -0.518. The van der Waals surface area contributed by atoms with E-state index in [1.54, 1.807) is 0 Å². The molecule has 0 spiro atoms. The van der Waals surface area contributed by atoms with Gasteiger partial charge in [-0.2, -0.15) is 0 Å². The minimum absolute atomic E-state index is 0.0343. The summed E-state index contributed by atoms with van der Waals surface area (Å²) < 4.78 is 15.9. The van der Waals surface area contributed by atoms with Crippen molar-refractivity contribution in [1.82, 2.24) is 0 Å². The van der Waals surface area contributed by atoms with Crippen LogP contribution in [0.1, 0.15) is 31.2 Å². The van der Waals surface area contributed by atoms with E-state index in [0.717, 1.165) is 19.3 Å². The average Bonchev–Trinajstić information content (AvgIpc) is 3.30. The van der Waals surface area contributed by atoms with E-state index in [-0.39, 0.29) is 30.7 Å². The fourth-order valence-electron chi connectivity index (χ4n) is 4.34. The monoisotopic (exact) mass is 358 g/mol. The number of rotatable bonds is 7. The third kappa shape index (κ3) is 3.26. The predicted octanol–water partition coefficient (Wildman–Crippen LogP) is 2.05. The molecule has 0 amide bonds. The molecule has 1 aromatic carbocycles. The molecular formula is C20H22O6. The van der Waals surface area contributed by atoms with Crippen molar-refractivity contribution in [2.45, 2.75) is 44.3 Å². The number of unbranched alkanes of at least 4 members (excludes halogenated alkanes) is 1. The highest BCUT2D eigenvalue weighted by atomic mass is 16.6. The van der Waals surface area contributed by atoms with Crippen molar-refractivity contribution in [3.8, 4) is 0 Å². The molecule has 0 aliphatic carbocycles. The Balaban J connectivity index is 1.18. The van der Waals surface area contributed by atoms with Crippen LogP contribution in [0, 0.1) is 17.8 Å². The van der Waals surface area contributed by atoms with E-state index in [1.165, 1.54) is 5.56 Å². The van der Waals surface area contributed by atoms with E-state index in [4.69, 9.17) is 14.2 Å². The van der Waals surface area contributed by atoms with Crippen LogP contribution in [0.25, 0.3) is 0 Å². The number of esters is 3. The van der Waals surface area contributed by atoms with Crippen LogP contribution in [0.3, 0.4) is 0 Å². The number of cyclic esters (lactones) is 2. The lowest BCUT2D eigenvalue weighted by Gasteiger charge is -2.23. The number of carbonyl (C=O) groups is 3. The molecule has 0 unspecified atom stereocenters. The topological polar surface area (TPSA) is 78.9 Å². The smallest absolute Gasteiger partial charge is 0.320 e. The highest BCUT2D eigenvalue weighted by Gasteiger charge is 2.64. The molecule has 2 bridgehead atoms. The summed E-state index contributed by atoms with van der Waals surface area (Å²) in [6, 6.07) is 10.2. The van der Waals surface area contributed by atoms with E-state index in [2.05, 4.69) is 12.1 Å². The van der Waals surface area contributed by atoms with Crippen LogP contribution in [0.2, 0.25) is 0 Å². The Morgan fingerprint density at radius 1 is 1.08 bits per heavy atom. The molecular weight excluding hydrogens is 336 g/mol. The van der Waals surface area contributed by atoms with Crippen LogP contribution < -0.4 is 0 Å². The number of carbonyl (C=O) groups excluding carboxylic acids is 3. The first-order valence-corrected chi connectivity index (χ1v) is 9.24. The van der Waals surface area contributed by atoms with E-state index in [1.807, 2.05) is 18.2 Å². The first-order chi connectivity index (χ1) is 12.6. The lowest BCUT2D eigenvalue weighted by atomic mass is 9.75. The normalized spacial score (nSPS) is 31.8. The number of ether oxygens (including phenoxy) is 3. The third-order valence-electron chi connectivity index (χ3n) is 5.62. The Bertz CT molecular complexity index is 700. The quantitative estimate of drug-likeness (QED) is 0.422. The molecule has 6 heteroatoms. The lowest BCUT2D eigenvalue weighted by molar-refractivity contribution is -0.156. The summed E-state index contributed by atoms with van der Waals surface area (Å²) >= 11 is 0. The van der Waals surface area contributed by atoms with Crippen molar-refractivity contribution in [3.05, 3.63) is 35.9 Å². The van der Waals surface area contributed by atoms with Crippen molar-refractivity contribution in [2.75, 3.05) is 6.61 Å². The average molecular weight is 358 g/mol. The molecule has 6 nitrogen and oxygen atoms in total. The molecule has 3 heterocycles. The van der Waals surface area contributed by atoms with Crippen LogP contribution >= 0.6 is 0 Å². The Kier molecular flexibility index (Phi) is 4.76. The number of fused-ring (bicyclic) bond motifs is 5. The molecule has 26 heavy (non-hydrogen) atoms. The zero-order valence-corrected chi connectivity index (χ0v) is 14.5. The largest absolute Gasteiger partial charge is 0.465 e. The van der Waals surface area contributed by atoms with Gasteiger partial charge < -0.3 is 14.2 Å². The van der Waals surface area contributed by atoms with Gasteiger partial charge in [-0.3, -0.25) is 14.4 Å². The molecule has 4 rings (SSSR count). The zero-order chi connectivity index (χ0) is 18.1. The third-order valence-corrected chi connectivity index (χ3v) is 5.62. The second-order valence-electron chi connectivity index (χ2n) is 7.30. The number of hydrogen-bond donors (Lipinski definition) is 0. The van der Waals surface area contributed by atoms with Crippen molar-refractivity contribution in [3.63, 3.8) is 0 Å². The molecule has 3 fully saturated rings. The minimum Gasteiger partial charge on any atom is -0.465 e. The summed E-state index contributed by atoms with van der Waals surface area (Å²) in [5.74, 6) is -2.20. The predicted molar refractivity (Wildman–Crippen MR) is 89.8 cm³/mol. The van der Waals surface area contributed by atoms with Crippen molar-refractivity contribution >= 4 is 17.9 Å². The van der Waals surface area contributed by atoms with Gasteiger partial charge in [-0.15, -0.1) is 0 Å². The van der Waals surface area contributed by atoms with Gasteiger partial charge in [0.05, 0.1) is 30.7 Å². The van der Waals surface area contributed by atoms with Crippen molar-refractivity contribution in [1.29, 1.82) is 0 Å². The van der Waals surface area contributed by atoms with E-state index >= 15 is 0 Å². The molecule has 3 aliphatic heterocycles. The summed E-state index contributed by atoms with van der Waals surface area (Å²) in [4.78, 5) is 35.4. The first kappa shape index (κ1) is 17.2. The van der Waals surface area contributed by atoms with Gasteiger partial charge in [0.15, 0.2) is 0 Å². The maximum absolute atomic E-state index is 12.0. The van der Waals surface area contributed by atoms with Crippen LogP contribution in [-0.2, 0) is 35.0 Å². The zero-order valence-electron chi connectivity index (χ0n) is 14.5. The molecule has 5 atom stereocenters. The van der Waals surface area contributed by atoms with Crippen LogP contribution in [-0.4, -0.2) is 36.7 Å². The summed E-state index contributed by atoms with van der Waals surface area (Å²) in [6.45, 7) is 0.239. The van der Waals surface area contributed by atoms with Crippen LogP contribution in [0.15, 0.2) is 30.3 Å². The van der Waals surface area contributed by atoms with Gasteiger partial charge in [-0.1, -0.05) is 30.3 Å².